The minimum absolute atomic E-state index is 0.00271. The van der Waals surface area contributed by atoms with Crippen LogP contribution < -0.4 is 14.8 Å². The number of rotatable bonds is 5. The number of benzene rings is 2. The summed E-state index contributed by atoms with van der Waals surface area (Å²) in [5.74, 6) is -2.56. The number of ether oxygens (including phenoxy) is 2. The highest BCUT2D eigenvalue weighted by molar-refractivity contribution is 6.31. The number of halogens is 5. The quantitative estimate of drug-likeness (QED) is 0.627. The Hall–Kier alpha value is -2.81. The van der Waals surface area contributed by atoms with Crippen LogP contribution in [0.25, 0.3) is 0 Å². The van der Waals surface area contributed by atoms with Crippen LogP contribution in [0.5, 0.6) is 11.5 Å². The number of nitrogens with one attached hydrogen (secondary N) is 1. The van der Waals surface area contributed by atoms with Gasteiger partial charge in [-0.2, -0.15) is 0 Å². The Morgan fingerprint density at radius 1 is 1.16 bits per heavy atom. The van der Waals surface area contributed by atoms with Crippen molar-refractivity contribution in [3.05, 3.63) is 52.8 Å². The molecule has 0 aliphatic heterocycles. The molecule has 0 atom stereocenters. The molecule has 25 heavy (non-hydrogen) atoms. The van der Waals surface area contributed by atoms with E-state index in [1.807, 2.05) is 0 Å². The number of hydrogen-bond acceptors (Lipinski definition) is 4. The van der Waals surface area contributed by atoms with Gasteiger partial charge in [-0.3, -0.25) is 9.59 Å². The molecule has 10 heteroatoms. The Labute approximate surface area is 143 Å². The average Bonchev–Trinajstić information content (AvgIpc) is 2.51. The van der Waals surface area contributed by atoms with Crippen LogP contribution >= 0.6 is 11.6 Å². The Bertz CT molecular complexity index is 793. The third-order valence-electron chi connectivity index (χ3n) is 2.79. The summed E-state index contributed by atoms with van der Waals surface area (Å²) in [4.78, 5) is 22.6. The number of alkyl halides is 3. The fourth-order valence-corrected chi connectivity index (χ4v) is 1.96. The van der Waals surface area contributed by atoms with Crippen molar-refractivity contribution >= 4 is 29.7 Å². The molecule has 0 radical (unpaired) electrons. The lowest BCUT2D eigenvalue weighted by atomic mass is 10.1. The van der Waals surface area contributed by atoms with Crippen molar-refractivity contribution < 1.29 is 36.6 Å². The molecule has 132 valence electrons. The largest absolute Gasteiger partial charge is 0.573 e. The first-order chi connectivity index (χ1) is 11.7. The van der Waals surface area contributed by atoms with Crippen LogP contribution in [-0.4, -0.2) is 18.7 Å². The van der Waals surface area contributed by atoms with Crippen LogP contribution in [0.4, 0.5) is 23.2 Å². The molecule has 0 aliphatic rings. The number of anilines is 1. The van der Waals surface area contributed by atoms with Crippen molar-refractivity contribution in [3.63, 3.8) is 0 Å². The van der Waals surface area contributed by atoms with E-state index in [1.54, 1.807) is 0 Å². The van der Waals surface area contributed by atoms with Crippen LogP contribution in [0, 0.1) is 5.82 Å². The standard InChI is InChI=1S/C15H8ClF4NO4/c16-11-5-10(13(24-7-22)6-12(11)17)14(23)21-8-1-3-9(4-2-8)25-15(18,19)20/h1-7H,(H,21,23). The summed E-state index contributed by atoms with van der Waals surface area (Å²) >= 11 is 5.59. The molecular weight excluding hydrogens is 370 g/mol. The van der Waals surface area contributed by atoms with Crippen molar-refractivity contribution in [3.8, 4) is 11.5 Å². The van der Waals surface area contributed by atoms with Crippen LogP contribution in [0.15, 0.2) is 36.4 Å². The fourth-order valence-electron chi connectivity index (χ4n) is 1.79. The second-order valence-corrected chi connectivity index (χ2v) is 4.91. The van der Waals surface area contributed by atoms with Gasteiger partial charge in [0.25, 0.3) is 12.4 Å². The summed E-state index contributed by atoms with van der Waals surface area (Å²) in [5, 5.41) is 1.96. The third-order valence-corrected chi connectivity index (χ3v) is 3.08. The molecule has 1 amide bonds. The van der Waals surface area contributed by atoms with E-state index < -0.39 is 23.8 Å². The molecule has 0 fully saturated rings. The van der Waals surface area contributed by atoms with Gasteiger partial charge in [0, 0.05) is 11.8 Å². The highest BCUT2D eigenvalue weighted by Gasteiger charge is 2.31. The molecule has 0 saturated heterocycles. The highest BCUT2D eigenvalue weighted by Crippen LogP contribution is 2.28. The maximum atomic E-state index is 13.4. The lowest BCUT2D eigenvalue weighted by Gasteiger charge is -2.11. The summed E-state index contributed by atoms with van der Waals surface area (Å²) in [6.07, 6.45) is -4.84. The molecule has 5 nitrogen and oxygen atoms in total. The van der Waals surface area contributed by atoms with Gasteiger partial charge in [0.15, 0.2) is 0 Å². The first-order valence-corrected chi connectivity index (χ1v) is 6.84. The predicted octanol–water partition coefficient (Wildman–Crippen LogP) is 4.17. The predicted molar refractivity (Wildman–Crippen MR) is 79.2 cm³/mol. The van der Waals surface area contributed by atoms with E-state index in [0.29, 0.717) is 0 Å². The first-order valence-electron chi connectivity index (χ1n) is 6.46. The first kappa shape index (κ1) is 18.5. The maximum Gasteiger partial charge on any atom is 0.573 e. The minimum atomic E-state index is -4.84. The van der Waals surface area contributed by atoms with E-state index >= 15 is 0 Å². The van der Waals surface area contributed by atoms with E-state index in [4.69, 9.17) is 11.6 Å². The van der Waals surface area contributed by atoms with Gasteiger partial charge < -0.3 is 14.8 Å². The van der Waals surface area contributed by atoms with Gasteiger partial charge in [0.2, 0.25) is 0 Å². The summed E-state index contributed by atoms with van der Waals surface area (Å²) in [6, 6.07) is 6.00. The van der Waals surface area contributed by atoms with Gasteiger partial charge in [0.05, 0.1) is 10.6 Å². The highest BCUT2D eigenvalue weighted by atomic mass is 35.5. The average molecular weight is 378 g/mol. The van der Waals surface area contributed by atoms with Crippen molar-refractivity contribution in [1.29, 1.82) is 0 Å². The van der Waals surface area contributed by atoms with Crippen LogP contribution in [-0.2, 0) is 4.79 Å². The van der Waals surface area contributed by atoms with Gasteiger partial charge in [-0.25, -0.2) is 4.39 Å². The fraction of sp³-hybridized carbons (Fsp3) is 0.0667. The number of amides is 1. The van der Waals surface area contributed by atoms with E-state index in [2.05, 4.69) is 14.8 Å². The van der Waals surface area contributed by atoms with E-state index in [9.17, 15) is 27.2 Å². The van der Waals surface area contributed by atoms with E-state index in [1.165, 1.54) is 0 Å². The second kappa shape index (κ2) is 7.39. The zero-order valence-corrected chi connectivity index (χ0v) is 12.8. The molecule has 2 aromatic rings. The topological polar surface area (TPSA) is 64.6 Å². The van der Waals surface area contributed by atoms with Gasteiger partial charge >= 0.3 is 6.36 Å². The monoisotopic (exact) mass is 377 g/mol. The molecule has 0 saturated carbocycles. The van der Waals surface area contributed by atoms with Crippen LogP contribution in [0.1, 0.15) is 10.4 Å². The summed E-state index contributed by atoms with van der Waals surface area (Å²) in [7, 11) is 0. The van der Waals surface area contributed by atoms with Crippen LogP contribution in [0.2, 0.25) is 5.02 Å². The molecule has 2 aromatic carbocycles. The van der Waals surface area contributed by atoms with E-state index in [-0.39, 0.29) is 28.5 Å². The third kappa shape index (κ3) is 5.08. The zero-order chi connectivity index (χ0) is 18.6. The Morgan fingerprint density at radius 3 is 2.36 bits per heavy atom. The van der Waals surface area contributed by atoms with Crippen molar-refractivity contribution in [2.24, 2.45) is 0 Å². The summed E-state index contributed by atoms with van der Waals surface area (Å²) in [5.41, 5.74) is -0.119. The Kier molecular flexibility index (Phi) is 5.48. The van der Waals surface area contributed by atoms with Crippen molar-refractivity contribution in [1.82, 2.24) is 0 Å². The summed E-state index contributed by atoms with van der Waals surface area (Å²) in [6.45, 7) is 0.00271. The lowest BCUT2D eigenvalue weighted by Crippen LogP contribution is -2.17. The van der Waals surface area contributed by atoms with Crippen molar-refractivity contribution in [2.45, 2.75) is 6.36 Å². The number of carbonyl (C=O) groups excluding carboxylic acids is 2. The van der Waals surface area contributed by atoms with Gasteiger partial charge in [0.1, 0.15) is 17.3 Å². The van der Waals surface area contributed by atoms with Crippen molar-refractivity contribution in [2.75, 3.05) is 5.32 Å². The normalized spacial score (nSPS) is 10.9. The number of carbonyl (C=O) groups is 2. The molecule has 0 bridgehead atoms. The summed E-state index contributed by atoms with van der Waals surface area (Å²) < 4.78 is 57.9. The SMILES string of the molecule is O=COc1cc(F)c(Cl)cc1C(=O)Nc1ccc(OC(F)(F)F)cc1. The molecule has 0 aromatic heterocycles. The minimum Gasteiger partial charge on any atom is -0.428 e. The molecule has 0 aliphatic carbocycles. The molecule has 0 heterocycles. The van der Waals surface area contributed by atoms with Gasteiger partial charge in [-0.15, -0.1) is 13.2 Å². The molecule has 2 rings (SSSR count). The van der Waals surface area contributed by atoms with Crippen LogP contribution in [0.3, 0.4) is 0 Å². The molecule has 0 spiro atoms. The van der Waals surface area contributed by atoms with Gasteiger partial charge in [-0.1, -0.05) is 11.6 Å². The number of hydrogen-bond donors (Lipinski definition) is 1. The lowest BCUT2D eigenvalue weighted by molar-refractivity contribution is -0.274. The smallest absolute Gasteiger partial charge is 0.428 e. The Balaban J connectivity index is 2.19. The molecule has 1 N–H and O–H groups in total. The van der Waals surface area contributed by atoms with Gasteiger partial charge in [-0.05, 0) is 30.3 Å². The molecular formula is C15H8ClF4NO4. The van der Waals surface area contributed by atoms with E-state index in [0.717, 1.165) is 36.4 Å². The Morgan fingerprint density at radius 2 is 1.80 bits per heavy atom. The second-order valence-electron chi connectivity index (χ2n) is 4.50. The maximum absolute atomic E-state index is 13.4. The zero-order valence-electron chi connectivity index (χ0n) is 12.1. The molecule has 0 unspecified atom stereocenters.